The molecule has 0 aliphatic carbocycles. The number of carboxylic acids is 1. The Morgan fingerprint density at radius 1 is 1.38 bits per heavy atom. The van der Waals surface area contributed by atoms with Crippen molar-refractivity contribution < 1.29 is 19.4 Å². The van der Waals surface area contributed by atoms with Crippen molar-refractivity contribution in [1.82, 2.24) is 9.80 Å². The highest BCUT2D eigenvalue weighted by Gasteiger charge is 2.47. The lowest BCUT2D eigenvalue weighted by atomic mass is 9.99. The molecule has 0 aromatic rings. The highest BCUT2D eigenvalue weighted by atomic mass is 16.5. The summed E-state index contributed by atoms with van der Waals surface area (Å²) < 4.78 is 5.09. The lowest BCUT2D eigenvalue weighted by molar-refractivity contribution is -0.147. The molecule has 0 saturated carbocycles. The molecule has 0 radical (unpaired) electrons. The normalized spacial score (nSPS) is 21.9. The van der Waals surface area contributed by atoms with Crippen LogP contribution in [-0.2, 0) is 9.53 Å². The van der Waals surface area contributed by atoms with Gasteiger partial charge in [-0.05, 0) is 32.6 Å². The van der Waals surface area contributed by atoms with Gasteiger partial charge in [-0.1, -0.05) is 13.8 Å². The summed E-state index contributed by atoms with van der Waals surface area (Å²) in [6, 6.07) is -0.0607. The Bertz CT molecular complexity index is 371. The van der Waals surface area contributed by atoms with E-state index in [1.807, 2.05) is 13.8 Å². The highest BCUT2D eigenvalue weighted by Crippen LogP contribution is 2.31. The fourth-order valence-corrected chi connectivity index (χ4v) is 3.00. The van der Waals surface area contributed by atoms with E-state index in [0.29, 0.717) is 26.1 Å². The number of carboxylic acid groups (broad SMARTS) is 1. The van der Waals surface area contributed by atoms with Gasteiger partial charge in [-0.25, -0.2) is 9.59 Å². The highest BCUT2D eigenvalue weighted by molar-refractivity contribution is 5.86. The van der Waals surface area contributed by atoms with Crippen LogP contribution in [-0.4, -0.2) is 65.3 Å². The number of hydrogen-bond acceptors (Lipinski definition) is 3. The minimum Gasteiger partial charge on any atom is -0.480 e. The van der Waals surface area contributed by atoms with Crippen LogP contribution < -0.4 is 0 Å². The van der Waals surface area contributed by atoms with Crippen LogP contribution in [0.4, 0.5) is 4.79 Å². The molecule has 0 aromatic carbocycles. The summed E-state index contributed by atoms with van der Waals surface area (Å²) in [5, 5.41) is 9.47. The predicted molar refractivity (Wildman–Crippen MR) is 80.3 cm³/mol. The van der Waals surface area contributed by atoms with Crippen LogP contribution >= 0.6 is 0 Å². The van der Waals surface area contributed by atoms with E-state index >= 15 is 0 Å². The summed E-state index contributed by atoms with van der Waals surface area (Å²) >= 11 is 0. The maximum absolute atomic E-state index is 12.9. The van der Waals surface area contributed by atoms with E-state index < -0.39 is 11.5 Å². The van der Waals surface area contributed by atoms with E-state index in [1.54, 1.807) is 18.9 Å². The van der Waals surface area contributed by atoms with Crippen molar-refractivity contribution in [3.05, 3.63) is 0 Å². The maximum atomic E-state index is 12.9. The average molecular weight is 300 g/mol. The molecule has 1 atom stereocenters. The topological polar surface area (TPSA) is 70.1 Å². The molecule has 1 fully saturated rings. The van der Waals surface area contributed by atoms with Gasteiger partial charge in [-0.15, -0.1) is 0 Å². The molecule has 21 heavy (non-hydrogen) atoms. The molecular formula is C15H28N2O4. The summed E-state index contributed by atoms with van der Waals surface area (Å²) in [5.74, 6) is -0.926. The fourth-order valence-electron chi connectivity index (χ4n) is 3.00. The summed E-state index contributed by atoms with van der Waals surface area (Å²) in [6.07, 6.45) is 2.94. The third-order valence-electron chi connectivity index (χ3n) is 4.50. The Labute approximate surface area is 127 Å². The molecule has 1 aliphatic rings. The van der Waals surface area contributed by atoms with Crippen LogP contribution in [0.2, 0.25) is 0 Å². The van der Waals surface area contributed by atoms with Crippen LogP contribution in [0.5, 0.6) is 0 Å². The smallest absolute Gasteiger partial charge is 0.329 e. The van der Waals surface area contributed by atoms with Gasteiger partial charge in [0.1, 0.15) is 5.54 Å². The van der Waals surface area contributed by atoms with E-state index in [4.69, 9.17) is 4.74 Å². The lowest BCUT2D eigenvalue weighted by Gasteiger charge is -2.39. The van der Waals surface area contributed by atoms with Crippen molar-refractivity contribution >= 4 is 12.0 Å². The monoisotopic (exact) mass is 300 g/mol. The van der Waals surface area contributed by atoms with E-state index in [9.17, 15) is 14.7 Å². The van der Waals surface area contributed by atoms with Gasteiger partial charge in [0.2, 0.25) is 0 Å². The lowest BCUT2D eigenvalue weighted by Crippen LogP contribution is -2.57. The predicted octanol–water partition coefficient (Wildman–Crippen LogP) is 2.18. The molecule has 0 spiro atoms. The molecule has 2 amide bonds. The van der Waals surface area contributed by atoms with E-state index in [2.05, 4.69) is 0 Å². The third-order valence-corrected chi connectivity index (χ3v) is 4.50. The van der Waals surface area contributed by atoms with Crippen LogP contribution in [0, 0.1) is 0 Å². The number of ether oxygens (including phenoxy) is 1. The second kappa shape index (κ2) is 7.64. The molecule has 1 rings (SSSR count). The van der Waals surface area contributed by atoms with Gasteiger partial charge in [0.05, 0.1) is 6.61 Å². The summed E-state index contributed by atoms with van der Waals surface area (Å²) in [5.41, 5.74) is -1.09. The van der Waals surface area contributed by atoms with Crippen molar-refractivity contribution in [3.63, 3.8) is 0 Å². The molecule has 1 saturated heterocycles. The maximum Gasteiger partial charge on any atom is 0.329 e. The first-order chi connectivity index (χ1) is 9.92. The number of urea groups is 1. The molecule has 6 nitrogen and oxygen atoms in total. The molecular weight excluding hydrogens is 272 g/mol. The fraction of sp³-hybridized carbons (Fsp3) is 0.867. The first-order valence-electron chi connectivity index (χ1n) is 7.72. The number of hydrogen-bond donors (Lipinski definition) is 1. The van der Waals surface area contributed by atoms with Gasteiger partial charge in [0.25, 0.3) is 0 Å². The van der Waals surface area contributed by atoms with Gasteiger partial charge in [-0.3, -0.25) is 0 Å². The average Bonchev–Trinajstić information content (AvgIpc) is 2.86. The zero-order valence-corrected chi connectivity index (χ0v) is 13.6. The minimum absolute atomic E-state index is 0.117. The first-order valence-corrected chi connectivity index (χ1v) is 7.72. The molecule has 122 valence electrons. The van der Waals surface area contributed by atoms with Crippen molar-refractivity contribution in [2.75, 3.05) is 26.8 Å². The molecule has 1 aliphatic heterocycles. The summed E-state index contributed by atoms with van der Waals surface area (Å²) in [7, 11) is 1.60. The molecule has 1 heterocycles. The van der Waals surface area contributed by atoms with Crippen molar-refractivity contribution in [2.45, 2.75) is 58.0 Å². The van der Waals surface area contributed by atoms with Gasteiger partial charge in [-0.2, -0.15) is 0 Å². The molecule has 6 heteroatoms. The van der Waals surface area contributed by atoms with Crippen LogP contribution in [0.1, 0.15) is 46.5 Å². The second-order valence-corrected chi connectivity index (χ2v) is 5.77. The summed E-state index contributed by atoms with van der Waals surface area (Å²) in [4.78, 5) is 27.7. The summed E-state index contributed by atoms with van der Waals surface area (Å²) in [6.45, 7) is 7.18. The standard InChI is InChI=1S/C15H28N2O4/c1-5-12(6-2)16(10-11-21-4)14(20)17-9-7-8-15(17,3)13(18)19/h12H,5-11H2,1-4H3,(H,18,19). The van der Waals surface area contributed by atoms with Crippen LogP contribution in [0.25, 0.3) is 0 Å². The minimum atomic E-state index is -1.09. The van der Waals surface area contributed by atoms with Gasteiger partial charge in [0.15, 0.2) is 0 Å². The van der Waals surface area contributed by atoms with Crippen molar-refractivity contribution in [2.24, 2.45) is 0 Å². The molecule has 1 unspecified atom stereocenters. The third kappa shape index (κ3) is 3.67. The Morgan fingerprint density at radius 2 is 2.00 bits per heavy atom. The number of carbonyl (C=O) groups is 2. The SMILES string of the molecule is CCC(CC)N(CCOC)C(=O)N1CCCC1(C)C(=O)O. The number of methoxy groups -OCH3 is 1. The molecule has 0 aromatic heterocycles. The van der Waals surface area contributed by atoms with Crippen LogP contribution in [0.3, 0.4) is 0 Å². The van der Waals surface area contributed by atoms with Crippen LogP contribution in [0.15, 0.2) is 0 Å². The van der Waals surface area contributed by atoms with E-state index in [1.165, 1.54) is 4.90 Å². The largest absolute Gasteiger partial charge is 0.480 e. The number of rotatable bonds is 7. The Morgan fingerprint density at radius 3 is 2.48 bits per heavy atom. The molecule has 1 N–H and O–H groups in total. The number of carbonyl (C=O) groups excluding carboxylic acids is 1. The van der Waals surface area contributed by atoms with Gasteiger partial charge < -0.3 is 19.6 Å². The Balaban J connectivity index is 2.96. The van der Waals surface area contributed by atoms with Gasteiger partial charge >= 0.3 is 12.0 Å². The molecule has 0 bridgehead atoms. The van der Waals surface area contributed by atoms with Crippen molar-refractivity contribution in [1.29, 1.82) is 0 Å². The van der Waals surface area contributed by atoms with E-state index in [-0.39, 0.29) is 12.1 Å². The zero-order valence-electron chi connectivity index (χ0n) is 13.6. The van der Waals surface area contributed by atoms with E-state index in [0.717, 1.165) is 19.3 Å². The number of likely N-dealkylation sites (tertiary alicyclic amines) is 1. The quantitative estimate of drug-likeness (QED) is 0.782. The number of amides is 2. The Kier molecular flexibility index (Phi) is 6.45. The first kappa shape index (κ1) is 17.8. The van der Waals surface area contributed by atoms with Gasteiger partial charge in [0, 0.05) is 26.2 Å². The Hall–Kier alpha value is -1.30. The number of aliphatic carboxylic acids is 1. The van der Waals surface area contributed by atoms with Crippen molar-refractivity contribution in [3.8, 4) is 0 Å². The second-order valence-electron chi connectivity index (χ2n) is 5.77. The number of nitrogens with zero attached hydrogens (tertiary/aromatic N) is 2. The zero-order chi connectivity index (χ0) is 16.0.